The van der Waals surface area contributed by atoms with Gasteiger partial charge in [0.05, 0.1) is 11.5 Å². The molecule has 0 unspecified atom stereocenters. The van der Waals surface area contributed by atoms with Crippen LogP contribution in [0.2, 0.25) is 0 Å². The van der Waals surface area contributed by atoms with Gasteiger partial charge in [-0.05, 0) is 29.3 Å². The summed E-state index contributed by atoms with van der Waals surface area (Å²) in [4.78, 5) is 2.21. The molecular formula is C23H23NO3S. The van der Waals surface area contributed by atoms with Gasteiger partial charge in [-0.3, -0.25) is 4.90 Å². The van der Waals surface area contributed by atoms with Crippen LogP contribution in [0.3, 0.4) is 0 Å². The minimum absolute atomic E-state index is 0.239. The first kappa shape index (κ1) is 18.7. The zero-order valence-corrected chi connectivity index (χ0v) is 16.4. The van der Waals surface area contributed by atoms with Gasteiger partial charge in [-0.25, -0.2) is 8.42 Å². The van der Waals surface area contributed by atoms with E-state index in [0.717, 1.165) is 29.2 Å². The first-order chi connectivity index (χ1) is 13.6. The van der Waals surface area contributed by atoms with E-state index < -0.39 is 9.84 Å². The molecular weight excluding hydrogens is 370 g/mol. The van der Waals surface area contributed by atoms with E-state index in [9.17, 15) is 8.42 Å². The van der Waals surface area contributed by atoms with Gasteiger partial charge in [0.25, 0.3) is 0 Å². The zero-order valence-electron chi connectivity index (χ0n) is 15.6. The molecule has 0 aliphatic carbocycles. The largest absolute Gasteiger partial charge is 0.457 e. The van der Waals surface area contributed by atoms with Crippen LogP contribution in [0.15, 0.2) is 78.9 Å². The molecule has 0 amide bonds. The number of hydrogen-bond acceptors (Lipinski definition) is 4. The molecule has 0 bridgehead atoms. The summed E-state index contributed by atoms with van der Waals surface area (Å²) in [6.45, 7) is 1.89. The highest BCUT2D eigenvalue weighted by molar-refractivity contribution is 7.91. The fraction of sp³-hybridized carbons (Fsp3) is 0.217. The Bertz CT molecular complexity index is 1030. The molecule has 1 saturated heterocycles. The van der Waals surface area contributed by atoms with E-state index in [1.165, 1.54) is 5.56 Å². The summed E-state index contributed by atoms with van der Waals surface area (Å²) in [5.74, 6) is 2.09. The molecule has 0 N–H and O–H groups in total. The summed E-state index contributed by atoms with van der Waals surface area (Å²) in [7, 11) is -2.87. The van der Waals surface area contributed by atoms with Gasteiger partial charge in [-0.15, -0.1) is 0 Å². The van der Waals surface area contributed by atoms with Crippen molar-refractivity contribution in [1.82, 2.24) is 4.90 Å². The van der Waals surface area contributed by atoms with Crippen LogP contribution < -0.4 is 4.74 Å². The van der Waals surface area contributed by atoms with Gasteiger partial charge < -0.3 is 4.74 Å². The second-order valence-electron chi connectivity index (χ2n) is 7.00. The highest BCUT2D eigenvalue weighted by Gasteiger charge is 2.22. The van der Waals surface area contributed by atoms with Crippen molar-refractivity contribution in [3.63, 3.8) is 0 Å². The lowest BCUT2D eigenvalue weighted by Gasteiger charge is -2.27. The number of ether oxygens (including phenoxy) is 1. The molecule has 1 aliphatic heterocycles. The number of benzene rings is 3. The number of rotatable bonds is 5. The molecule has 3 aromatic carbocycles. The van der Waals surface area contributed by atoms with Crippen molar-refractivity contribution in [2.45, 2.75) is 6.54 Å². The van der Waals surface area contributed by atoms with E-state index >= 15 is 0 Å². The lowest BCUT2D eigenvalue weighted by molar-refractivity contribution is 0.288. The molecule has 0 atom stereocenters. The van der Waals surface area contributed by atoms with Gasteiger partial charge in [-0.1, -0.05) is 60.7 Å². The van der Waals surface area contributed by atoms with Gasteiger partial charge in [0.2, 0.25) is 0 Å². The standard InChI is InChI=1S/C23H23NO3S/c25-28(26)16-14-24(15-17-28)18-19-8-4-5-11-21(19)22-12-6-7-13-23(22)27-20-9-2-1-3-10-20/h1-13H,14-18H2. The molecule has 5 heteroatoms. The molecule has 28 heavy (non-hydrogen) atoms. The van der Waals surface area contributed by atoms with E-state index in [0.29, 0.717) is 13.1 Å². The summed E-state index contributed by atoms with van der Waals surface area (Å²) in [6.07, 6.45) is 0. The third kappa shape index (κ3) is 4.43. The van der Waals surface area contributed by atoms with Gasteiger partial charge >= 0.3 is 0 Å². The van der Waals surface area contributed by atoms with Crippen molar-refractivity contribution in [2.24, 2.45) is 0 Å². The molecule has 1 aliphatic rings. The summed E-state index contributed by atoms with van der Waals surface area (Å²) < 4.78 is 29.6. The van der Waals surface area contributed by atoms with E-state index in [2.05, 4.69) is 23.1 Å². The average Bonchev–Trinajstić information content (AvgIpc) is 2.71. The van der Waals surface area contributed by atoms with Crippen LogP contribution in [0, 0.1) is 0 Å². The third-order valence-electron chi connectivity index (χ3n) is 5.00. The van der Waals surface area contributed by atoms with E-state index in [4.69, 9.17) is 4.74 Å². The maximum Gasteiger partial charge on any atom is 0.152 e. The van der Waals surface area contributed by atoms with Crippen LogP contribution in [0.5, 0.6) is 11.5 Å². The fourth-order valence-corrected chi connectivity index (χ4v) is 4.74. The first-order valence-electron chi connectivity index (χ1n) is 9.44. The second-order valence-corrected chi connectivity index (χ2v) is 9.30. The maximum absolute atomic E-state index is 11.7. The molecule has 1 heterocycles. The van der Waals surface area contributed by atoms with Crippen molar-refractivity contribution >= 4 is 9.84 Å². The van der Waals surface area contributed by atoms with Gasteiger partial charge in [0, 0.05) is 25.2 Å². The van der Waals surface area contributed by atoms with Crippen molar-refractivity contribution in [2.75, 3.05) is 24.6 Å². The number of para-hydroxylation sites is 2. The third-order valence-corrected chi connectivity index (χ3v) is 6.61. The van der Waals surface area contributed by atoms with Crippen molar-refractivity contribution in [1.29, 1.82) is 0 Å². The summed E-state index contributed by atoms with van der Waals surface area (Å²) in [5.41, 5.74) is 3.32. The summed E-state index contributed by atoms with van der Waals surface area (Å²) in [5, 5.41) is 0. The van der Waals surface area contributed by atoms with Gasteiger partial charge in [-0.2, -0.15) is 0 Å². The van der Waals surface area contributed by atoms with E-state index in [1.54, 1.807) is 0 Å². The van der Waals surface area contributed by atoms with Crippen LogP contribution in [0.25, 0.3) is 11.1 Å². The molecule has 0 radical (unpaired) electrons. The fourth-order valence-electron chi connectivity index (χ4n) is 3.46. The Morgan fingerprint density at radius 1 is 0.750 bits per heavy atom. The van der Waals surface area contributed by atoms with Crippen LogP contribution in [-0.4, -0.2) is 37.9 Å². The number of nitrogens with zero attached hydrogens (tertiary/aromatic N) is 1. The van der Waals surface area contributed by atoms with Gasteiger partial charge in [0.1, 0.15) is 11.5 Å². The monoisotopic (exact) mass is 393 g/mol. The Hall–Kier alpha value is -2.63. The van der Waals surface area contributed by atoms with Crippen LogP contribution in [0.4, 0.5) is 0 Å². The lowest BCUT2D eigenvalue weighted by Crippen LogP contribution is -2.39. The predicted octanol–water partition coefficient (Wildman–Crippen LogP) is 4.38. The minimum atomic E-state index is -2.87. The smallest absolute Gasteiger partial charge is 0.152 e. The summed E-state index contributed by atoms with van der Waals surface area (Å²) in [6, 6.07) is 26.1. The van der Waals surface area contributed by atoms with Crippen molar-refractivity contribution in [3.05, 3.63) is 84.4 Å². The Morgan fingerprint density at radius 2 is 1.36 bits per heavy atom. The molecule has 144 valence electrons. The zero-order chi connectivity index (χ0) is 19.4. The number of hydrogen-bond donors (Lipinski definition) is 0. The molecule has 1 fully saturated rings. The molecule has 0 saturated carbocycles. The Morgan fingerprint density at radius 3 is 2.11 bits per heavy atom. The Labute approximate surface area is 166 Å². The highest BCUT2D eigenvalue weighted by atomic mass is 32.2. The van der Waals surface area contributed by atoms with Crippen LogP contribution in [-0.2, 0) is 16.4 Å². The number of sulfone groups is 1. The molecule has 4 nitrogen and oxygen atoms in total. The van der Waals surface area contributed by atoms with Crippen molar-refractivity contribution < 1.29 is 13.2 Å². The van der Waals surface area contributed by atoms with Crippen molar-refractivity contribution in [3.8, 4) is 22.6 Å². The molecule has 4 rings (SSSR count). The quantitative estimate of drug-likeness (QED) is 0.646. The predicted molar refractivity (Wildman–Crippen MR) is 112 cm³/mol. The minimum Gasteiger partial charge on any atom is -0.457 e. The SMILES string of the molecule is O=S1(=O)CCN(Cc2ccccc2-c2ccccc2Oc2ccccc2)CC1. The van der Waals surface area contributed by atoms with E-state index in [-0.39, 0.29) is 11.5 Å². The Balaban J connectivity index is 1.62. The average molecular weight is 394 g/mol. The molecule has 0 spiro atoms. The summed E-state index contributed by atoms with van der Waals surface area (Å²) >= 11 is 0. The Kier molecular flexibility index (Phi) is 5.46. The van der Waals surface area contributed by atoms with Gasteiger partial charge in [0.15, 0.2) is 9.84 Å². The second kappa shape index (κ2) is 8.17. The molecule has 0 aromatic heterocycles. The highest BCUT2D eigenvalue weighted by Crippen LogP contribution is 2.35. The van der Waals surface area contributed by atoms with Crippen LogP contribution in [0.1, 0.15) is 5.56 Å². The van der Waals surface area contributed by atoms with Crippen LogP contribution >= 0.6 is 0 Å². The first-order valence-corrected chi connectivity index (χ1v) is 11.3. The maximum atomic E-state index is 11.7. The topological polar surface area (TPSA) is 46.6 Å². The molecule has 3 aromatic rings. The normalized spacial score (nSPS) is 16.6. The van der Waals surface area contributed by atoms with E-state index in [1.807, 2.05) is 60.7 Å². The lowest BCUT2D eigenvalue weighted by atomic mass is 9.98.